The molecule has 1 N–H and O–H groups in total. The van der Waals surface area contributed by atoms with Crippen LogP contribution in [-0.4, -0.2) is 97.9 Å². The number of nitrogens with zero attached hydrogens (tertiary/aromatic N) is 2. The predicted octanol–water partition coefficient (Wildman–Crippen LogP) is 5.52. The standard InChI is InChI=1S/C36H40N2O8S2/c1-42-24-25-4-7-27(8-5-25)28-9-11-30(46-19-15-37-13-17-44-18-14-37)29(22-28)23-33-35(41)38(36(47)48-33)12-3-16-45-32-20-26(21-34(39)40)6-10-31(32)43-2/h4-11,20,22-23H,3,12-19,21,24H2,1-2H3,(H,39,40). The van der Waals surface area contributed by atoms with Gasteiger partial charge < -0.3 is 28.8 Å². The van der Waals surface area contributed by atoms with Crippen LogP contribution in [0.1, 0.15) is 23.1 Å². The molecular weight excluding hydrogens is 653 g/mol. The highest BCUT2D eigenvalue weighted by Crippen LogP contribution is 2.36. The Labute approximate surface area is 290 Å². The molecule has 12 heteroatoms. The summed E-state index contributed by atoms with van der Waals surface area (Å²) < 4.78 is 28.8. The molecule has 0 bridgehead atoms. The third-order valence-electron chi connectivity index (χ3n) is 7.90. The summed E-state index contributed by atoms with van der Waals surface area (Å²) in [6.07, 6.45) is 2.26. The molecular formula is C36H40N2O8S2. The summed E-state index contributed by atoms with van der Waals surface area (Å²) in [6, 6.07) is 19.3. The van der Waals surface area contributed by atoms with Crippen molar-refractivity contribution in [3.63, 3.8) is 0 Å². The van der Waals surface area contributed by atoms with Crippen molar-refractivity contribution >= 4 is 46.3 Å². The van der Waals surface area contributed by atoms with Gasteiger partial charge >= 0.3 is 5.97 Å². The van der Waals surface area contributed by atoms with E-state index in [0.29, 0.717) is 58.2 Å². The zero-order valence-electron chi connectivity index (χ0n) is 27.1. The summed E-state index contributed by atoms with van der Waals surface area (Å²) in [4.78, 5) is 29.1. The van der Waals surface area contributed by atoms with Gasteiger partial charge in [0.25, 0.3) is 5.91 Å². The zero-order chi connectivity index (χ0) is 33.9. The van der Waals surface area contributed by atoms with Crippen LogP contribution in [0.5, 0.6) is 17.2 Å². The van der Waals surface area contributed by atoms with Crippen molar-refractivity contribution in [2.75, 3.05) is 66.8 Å². The maximum absolute atomic E-state index is 13.6. The number of rotatable bonds is 16. The van der Waals surface area contributed by atoms with Crippen molar-refractivity contribution in [2.24, 2.45) is 0 Å². The number of hydrogen-bond acceptors (Lipinski definition) is 10. The molecule has 0 aliphatic carbocycles. The molecule has 1 amide bonds. The minimum atomic E-state index is -0.927. The summed E-state index contributed by atoms with van der Waals surface area (Å²) in [7, 11) is 3.21. The molecule has 3 aromatic rings. The molecule has 254 valence electrons. The van der Waals surface area contributed by atoms with Crippen LogP contribution in [0.3, 0.4) is 0 Å². The number of hydrogen-bond donors (Lipinski definition) is 1. The molecule has 2 fully saturated rings. The number of aliphatic carboxylic acids is 1. The fraction of sp³-hybridized carbons (Fsp3) is 0.361. The first-order chi connectivity index (χ1) is 23.3. The Morgan fingerprint density at radius 1 is 0.917 bits per heavy atom. The number of ether oxygens (including phenoxy) is 5. The Hall–Kier alpha value is -3.94. The molecule has 48 heavy (non-hydrogen) atoms. The molecule has 0 aromatic heterocycles. The van der Waals surface area contributed by atoms with Crippen molar-refractivity contribution in [1.29, 1.82) is 0 Å². The smallest absolute Gasteiger partial charge is 0.307 e. The highest BCUT2D eigenvalue weighted by atomic mass is 32.2. The summed E-state index contributed by atoms with van der Waals surface area (Å²) in [5.41, 5.74) is 4.54. The third kappa shape index (κ3) is 9.57. The molecule has 2 heterocycles. The Morgan fingerprint density at radius 2 is 1.62 bits per heavy atom. The van der Waals surface area contributed by atoms with E-state index in [0.717, 1.165) is 55.1 Å². The van der Waals surface area contributed by atoms with Crippen LogP contribution in [0.25, 0.3) is 17.2 Å². The average molecular weight is 693 g/mol. The monoisotopic (exact) mass is 692 g/mol. The van der Waals surface area contributed by atoms with Crippen LogP contribution < -0.4 is 14.2 Å². The van der Waals surface area contributed by atoms with E-state index in [4.69, 9.17) is 41.0 Å². The van der Waals surface area contributed by atoms with E-state index in [-0.39, 0.29) is 18.9 Å². The molecule has 2 aliphatic heterocycles. The van der Waals surface area contributed by atoms with Gasteiger partial charge in [-0.2, -0.15) is 0 Å². The Morgan fingerprint density at radius 3 is 2.35 bits per heavy atom. The zero-order valence-corrected chi connectivity index (χ0v) is 28.8. The molecule has 5 rings (SSSR count). The number of morpholine rings is 1. The van der Waals surface area contributed by atoms with Gasteiger partial charge in [0.15, 0.2) is 11.5 Å². The first-order valence-corrected chi connectivity index (χ1v) is 17.0. The molecule has 0 saturated carbocycles. The predicted molar refractivity (Wildman–Crippen MR) is 190 cm³/mol. The summed E-state index contributed by atoms with van der Waals surface area (Å²) in [5.74, 6) is 0.564. The van der Waals surface area contributed by atoms with Crippen molar-refractivity contribution in [3.05, 3.63) is 82.3 Å². The molecule has 2 saturated heterocycles. The summed E-state index contributed by atoms with van der Waals surface area (Å²) >= 11 is 6.89. The van der Waals surface area contributed by atoms with E-state index in [2.05, 4.69) is 17.0 Å². The second-order valence-corrected chi connectivity index (χ2v) is 13.0. The number of methoxy groups -OCH3 is 2. The Kier molecular flexibility index (Phi) is 12.9. The van der Waals surface area contributed by atoms with E-state index in [1.54, 1.807) is 30.2 Å². The lowest BCUT2D eigenvalue weighted by molar-refractivity contribution is -0.136. The van der Waals surface area contributed by atoms with E-state index in [1.165, 1.54) is 18.9 Å². The van der Waals surface area contributed by atoms with Gasteiger partial charge in [0, 0.05) is 38.9 Å². The van der Waals surface area contributed by atoms with Crippen LogP contribution in [0.4, 0.5) is 0 Å². The van der Waals surface area contributed by atoms with E-state index in [1.807, 2.05) is 36.4 Å². The molecule has 0 unspecified atom stereocenters. The lowest BCUT2D eigenvalue weighted by Crippen LogP contribution is -2.38. The van der Waals surface area contributed by atoms with Gasteiger partial charge in [-0.15, -0.1) is 0 Å². The fourth-order valence-electron chi connectivity index (χ4n) is 5.40. The van der Waals surface area contributed by atoms with Crippen LogP contribution in [0.2, 0.25) is 0 Å². The van der Waals surface area contributed by atoms with E-state index in [9.17, 15) is 9.59 Å². The van der Waals surface area contributed by atoms with Gasteiger partial charge in [-0.25, -0.2) is 0 Å². The van der Waals surface area contributed by atoms with Crippen molar-refractivity contribution in [2.45, 2.75) is 19.4 Å². The van der Waals surface area contributed by atoms with Gasteiger partial charge in [-0.3, -0.25) is 19.4 Å². The van der Waals surface area contributed by atoms with Crippen LogP contribution in [0.15, 0.2) is 65.6 Å². The first kappa shape index (κ1) is 35.4. The van der Waals surface area contributed by atoms with E-state index >= 15 is 0 Å². The second-order valence-electron chi connectivity index (χ2n) is 11.3. The SMILES string of the molecule is COCc1ccc(-c2ccc(OCCN3CCOCC3)c(C=C3SC(=S)N(CCCOc4cc(CC(=O)O)ccc4OC)C3=O)c2)cc1. The van der Waals surface area contributed by atoms with Crippen molar-refractivity contribution < 1.29 is 38.4 Å². The number of benzene rings is 3. The number of carboxylic acid groups (broad SMARTS) is 1. The quantitative estimate of drug-likeness (QED) is 0.117. The minimum absolute atomic E-state index is 0.118. The number of carboxylic acids is 1. The summed E-state index contributed by atoms with van der Waals surface area (Å²) in [5, 5.41) is 9.13. The number of carbonyl (C=O) groups excluding carboxylic acids is 1. The molecule has 0 spiro atoms. The Bertz CT molecular complexity index is 1620. The number of amides is 1. The Balaban J connectivity index is 1.28. The molecule has 2 aliphatic rings. The second kappa shape index (κ2) is 17.5. The van der Waals surface area contributed by atoms with E-state index < -0.39 is 5.97 Å². The molecule has 3 aromatic carbocycles. The van der Waals surface area contributed by atoms with Crippen LogP contribution >= 0.6 is 24.0 Å². The fourth-order valence-corrected chi connectivity index (χ4v) is 6.70. The van der Waals surface area contributed by atoms with Gasteiger partial charge in [-0.1, -0.05) is 60.4 Å². The average Bonchev–Trinajstić information content (AvgIpc) is 3.35. The van der Waals surface area contributed by atoms with Crippen LogP contribution in [-0.2, 0) is 32.1 Å². The maximum atomic E-state index is 13.6. The van der Waals surface area contributed by atoms with Crippen molar-refractivity contribution in [1.82, 2.24) is 9.80 Å². The highest BCUT2D eigenvalue weighted by molar-refractivity contribution is 8.26. The third-order valence-corrected chi connectivity index (χ3v) is 9.28. The largest absolute Gasteiger partial charge is 0.493 e. The van der Waals surface area contributed by atoms with Crippen LogP contribution in [0, 0.1) is 0 Å². The maximum Gasteiger partial charge on any atom is 0.307 e. The van der Waals surface area contributed by atoms with Gasteiger partial charge in [0.1, 0.15) is 16.7 Å². The highest BCUT2D eigenvalue weighted by Gasteiger charge is 2.32. The number of thioether (sulfide) groups is 1. The number of thiocarbonyl (C=S) groups is 1. The molecule has 10 nitrogen and oxygen atoms in total. The summed E-state index contributed by atoms with van der Waals surface area (Å²) in [6.45, 7) is 5.71. The van der Waals surface area contributed by atoms with Gasteiger partial charge in [0.2, 0.25) is 0 Å². The van der Waals surface area contributed by atoms with Crippen molar-refractivity contribution in [3.8, 4) is 28.4 Å². The number of carbonyl (C=O) groups is 2. The lowest BCUT2D eigenvalue weighted by Gasteiger charge is -2.26. The molecule has 0 radical (unpaired) electrons. The first-order valence-electron chi connectivity index (χ1n) is 15.8. The van der Waals surface area contributed by atoms with Gasteiger partial charge in [0.05, 0.1) is 44.9 Å². The lowest BCUT2D eigenvalue weighted by atomic mass is 10.0. The minimum Gasteiger partial charge on any atom is -0.493 e. The normalized spacial score (nSPS) is 16.0. The topological polar surface area (TPSA) is 107 Å². The molecule has 0 atom stereocenters. The van der Waals surface area contributed by atoms with Gasteiger partial charge in [-0.05, 0) is 59.0 Å².